The Hall–Kier alpha value is -3.63. The van der Waals surface area contributed by atoms with Crippen LogP contribution >= 0.6 is 0 Å². The number of imidazole rings is 1. The Kier molecular flexibility index (Phi) is 6.18. The maximum absolute atomic E-state index is 11.9. The molecule has 0 aliphatic rings. The normalized spacial score (nSPS) is 10.8. The van der Waals surface area contributed by atoms with Crippen molar-refractivity contribution in [3.63, 3.8) is 0 Å². The van der Waals surface area contributed by atoms with Gasteiger partial charge in [-0.05, 0) is 44.2 Å². The number of alkyl halides is 3. The van der Waals surface area contributed by atoms with Crippen LogP contribution in [0.25, 0.3) is 5.69 Å². The second-order valence-electron chi connectivity index (χ2n) is 5.56. The molecule has 3 rings (SSSR count). The second kappa shape index (κ2) is 8.37. The van der Waals surface area contributed by atoms with Crippen molar-refractivity contribution >= 4 is 17.6 Å². The topological polar surface area (TPSA) is 113 Å². The molecule has 0 saturated heterocycles. The molecule has 148 valence electrons. The summed E-state index contributed by atoms with van der Waals surface area (Å²) in [4.78, 5) is 25.1. The summed E-state index contributed by atoms with van der Waals surface area (Å²) in [5.41, 5.74) is 4.27. The monoisotopic (exact) mass is 395 g/mol. The highest BCUT2D eigenvalue weighted by Gasteiger charge is 2.38. The molecule has 0 bridgehead atoms. The van der Waals surface area contributed by atoms with E-state index in [9.17, 15) is 18.0 Å². The first-order valence-corrected chi connectivity index (χ1v) is 7.81. The molecule has 1 aromatic carbocycles. The minimum absolute atomic E-state index is 0.213. The van der Waals surface area contributed by atoms with Gasteiger partial charge in [-0.25, -0.2) is 9.78 Å². The van der Waals surface area contributed by atoms with Crippen molar-refractivity contribution in [2.45, 2.75) is 20.0 Å². The number of aliphatic carboxylic acids is 1. The first kappa shape index (κ1) is 20.7. The predicted octanol–water partition coefficient (Wildman–Crippen LogP) is 3.10. The molecule has 0 aliphatic carbocycles. The molecule has 2 aromatic heterocycles. The summed E-state index contributed by atoms with van der Waals surface area (Å²) in [6, 6.07) is 9.23. The highest BCUT2D eigenvalue weighted by molar-refractivity contribution is 6.02. The van der Waals surface area contributed by atoms with Crippen molar-refractivity contribution in [2.24, 2.45) is 0 Å². The Morgan fingerprint density at radius 3 is 2.18 bits per heavy atom. The van der Waals surface area contributed by atoms with E-state index in [2.05, 4.69) is 20.5 Å². The summed E-state index contributed by atoms with van der Waals surface area (Å²) in [6.45, 7) is 4.00. The lowest BCUT2D eigenvalue weighted by Gasteiger charge is -2.08. The molecule has 0 unspecified atom stereocenters. The number of carboxylic acid groups (broad SMARTS) is 1. The summed E-state index contributed by atoms with van der Waals surface area (Å²) < 4.78 is 33.7. The van der Waals surface area contributed by atoms with E-state index < -0.39 is 12.1 Å². The van der Waals surface area contributed by atoms with E-state index >= 15 is 0 Å². The van der Waals surface area contributed by atoms with Crippen molar-refractivity contribution < 1.29 is 27.9 Å². The maximum Gasteiger partial charge on any atom is 0.490 e. The fraction of sp³-hybridized carbons (Fsp3) is 0.176. The number of hydrogen-bond acceptors (Lipinski definition) is 4. The smallest absolute Gasteiger partial charge is 0.475 e. The first-order chi connectivity index (χ1) is 13.1. The Balaban J connectivity index is 0.000000345. The summed E-state index contributed by atoms with van der Waals surface area (Å²) in [7, 11) is 0. The molecule has 8 nitrogen and oxygen atoms in total. The lowest BCUT2D eigenvalue weighted by molar-refractivity contribution is -0.192. The number of rotatable bonds is 3. The van der Waals surface area contributed by atoms with Crippen LogP contribution < -0.4 is 5.32 Å². The van der Waals surface area contributed by atoms with Crippen molar-refractivity contribution in [1.82, 2.24) is 19.7 Å². The van der Waals surface area contributed by atoms with Gasteiger partial charge < -0.3 is 15.0 Å². The number of H-pyrrole nitrogens is 1. The largest absolute Gasteiger partial charge is 0.490 e. The quantitative estimate of drug-likeness (QED) is 0.631. The number of nitrogens with zero attached hydrogens (tertiary/aromatic N) is 3. The van der Waals surface area contributed by atoms with Gasteiger partial charge in [0.2, 0.25) is 0 Å². The molecule has 0 atom stereocenters. The fourth-order valence-electron chi connectivity index (χ4n) is 2.05. The van der Waals surface area contributed by atoms with Crippen LogP contribution in [0, 0.1) is 13.8 Å². The molecule has 0 fully saturated rings. The third-order valence-electron chi connectivity index (χ3n) is 3.64. The number of halogens is 3. The van der Waals surface area contributed by atoms with Gasteiger partial charge in [0.15, 0.2) is 0 Å². The van der Waals surface area contributed by atoms with E-state index in [1.807, 2.05) is 42.7 Å². The fourth-order valence-corrected chi connectivity index (χ4v) is 2.05. The zero-order valence-electron chi connectivity index (χ0n) is 14.8. The predicted molar refractivity (Wildman–Crippen MR) is 93.3 cm³/mol. The van der Waals surface area contributed by atoms with E-state index in [0.29, 0.717) is 5.69 Å². The van der Waals surface area contributed by atoms with Gasteiger partial charge in [0, 0.05) is 23.3 Å². The van der Waals surface area contributed by atoms with Crippen LogP contribution in [0.5, 0.6) is 0 Å². The molecule has 11 heteroatoms. The zero-order chi connectivity index (χ0) is 20.9. The van der Waals surface area contributed by atoms with Gasteiger partial charge in [-0.3, -0.25) is 9.89 Å². The number of anilines is 1. The molecule has 3 aromatic rings. The number of aromatic amines is 1. The van der Waals surface area contributed by atoms with Crippen molar-refractivity contribution in [3.8, 4) is 5.69 Å². The molecular weight excluding hydrogens is 379 g/mol. The Bertz CT molecular complexity index is 948. The molecule has 0 saturated carbocycles. The van der Waals surface area contributed by atoms with Gasteiger partial charge in [-0.2, -0.15) is 18.3 Å². The van der Waals surface area contributed by atoms with Gasteiger partial charge in [0.1, 0.15) is 5.69 Å². The average molecular weight is 395 g/mol. The third kappa shape index (κ3) is 5.19. The molecule has 2 heterocycles. The third-order valence-corrected chi connectivity index (χ3v) is 3.64. The molecule has 1 amide bonds. The lowest BCUT2D eigenvalue weighted by atomic mass is 10.2. The second-order valence-corrected chi connectivity index (χ2v) is 5.56. The SMILES string of the molecule is Cc1ncn(-c2ccc(NC(=O)c3ccn[nH]3)cc2)c1C.O=C(O)C(F)(F)F. The van der Waals surface area contributed by atoms with Crippen molar-refractivity contribution in [3.05, 3.63) is 59.9 Å². The molecule has 3 N–H and O–H groups in total. The molecular formula is C17H16F3N5O3. The number of nitrogens with one attached hydrogen (secondary N) is 2. The first-order valence-electron chi connectivity index (χ1n) is 7.81. The highest BCUT2D eigenvalue weighted by Crippen LogP contribution is 2.17. The van der Waals surface area contributed by atoms with Gasteiger partial charge in [-0.1, -0.05) is 0 Å². The van der Waals surface area contributed by atoms with E-state index in [0.717, 1.165) is 22.8 Å². The van der Waals surface area contributed by atoms with E-state index in [4.69, 9.17) is 9.90 Å². The maximum atomic E-state index is 11.9. The molecule has 0 radical (unpaired) electrons. The van der Waals surface area contributed by atoms with Gasteiger partial charge in [-0.15, -0.1) is 0 Å². The molecule has 28 heavy (non-hydrogen) atoms. The number of carbonyl (C=O) groups is 2. The number of aryl methyl sites for hydroxylation is 1. The van der Waals surface area contributed by atoms with Crippen LogP contribution in [-0.4, -0.2) is 42.9 Å². The average Bonchev–Trinajstić information content (AvgIpc) is 3.27. The summed E-state index contributed by atoms with van der Waals surface area (Å²) in [5.74, 6) is -2.97. The standard InChI is InChI=1S/C15H15N5O.C2HF3O2/c1-10-11(2)20(9-16-10)13-5-3-12(4-6-13)18-15(21)14-7-8-17-19-14;3-2(4,5)1(6)7/h3-9H,1-2H3,(H,17,19)(H,18,21);(H,6,7). The van der Waals surface area contributed by atoms with Crippen LogP contribution in [0.3, 0.4) is 0 Å². The number of aromatic nitrogens is 4. The molecule has 0 aliphatic heterocycles. The molecule has 0 spiro atoms. The van der Waals surface area contributed by atoms with Crippen LogP contribution in [0.4, 0.5) is 18.9 Å². The zero-order valence-corrected chi connectivity index (χ0v) is 14.8. The van der Waals surface area contributed by atoms with Crippen LogP contribution in [0.15, 0.2) is 42.9 Å². The van der Waals surface area contributed by atoms with Crippen LogP contribution in [0.1, 0.15) is 21.9 Å². The van der Waals surface area contributed by atoms with Gasteiger partial charge >= 0.3 is 12.1 Å². The number of carboxylic acids is 1. The lowest BCUT2D eigenvalue weighted by Crippen LogP contribution is -2.21. The van der Waals surface area contributed by atoms with Gasteiger partial charge in [0.05, 0.1) is 12.0 Å². The summed E-state index contributed by atoms with van der Waals surface area (Å²) in [5, 5.41) is 16.3. The van der Waals surface area contributed by atoms with Crippen molar-refractivity contribution in [2.75, 3.05) is 5.32 Å². The van der Waals surface area contributed by atoms with Crippen molar-refractivity contribution in [1.29, 1.82) is 0 Å². The van der Waals surface area contributed by atoms with Crippen LogP contribution in [-0.2, 0) is 4.79 Å². The van der Waals surface area contributed by atoms with E-state index in [1.54, 1.807) is 18.6 Å². The van der Waals surface area contributed by atoms with Gasteiger partial charge in [0.25, 0.3) is 5.91 Å². The summed E-state index contributed by atoms with van der Waals surface area (Å²) in [6.07, 6.45) is -1.75. The number of benzene rings is 1. The van der Waals surface area contributed by atoms with E-state index in [1.165, 1.54) is 0 Å². The Labute approximate surface area is 157 Å². The van der Waals surface area contributed by atoms with E-state index in [-0.39, 0.29) is 5.91 Å². The van der Waals surface area contributed by atoms with Crippen LogP contribution in [0.2, 0.25) is 0 Å². The number of carbonyl (C=O) groups excluding carboxylic acids is 1. The minimum atomic E-state index is -5.08. The Morgan fingerprint density at radius 2 is 1.75 bits per heavy atom. The Morgan fingerprint density at radius 1 is 1.14 bits per heavy atom. The number of amides is 1. The summed E-state index contributed by atoms with van der Waals surface area (Å²) >= 11 is 0. The number of hydrogen-bond donors (Lipinski definition) is 3. The minimum Gasteiger partial charge on any atom is -0.475 e. The highest BCUT2D eigenvalue weighted by atomic mass is 19.4.